The van der Waals surface area contributed by atoms with Crippen molar-refractivity contribution >= 4 is 46.7 Å². The van der Waals surface area contributed by atoms with Crippen LogP contribution in [0.4, 0.5) is 5.69 Å². The Balaban J connectivity index is 1.79. The number of hydrogen-bond donors (Lipinski definition) is 3. The average Bonchev–Trinajstić information content (AvgIpc) is 2.70. The Hall–Kier alpha value is -3.55. The van der Waals surface area contributed by atoms with E-state index in [9.17, 15) is 19.5 Å². The van der Waals surface area contributed by atoms with E-state index in [0.29, 0.717) is 22.0 Å². The highest BCUT2D eigenvalue weighted by atomic mass is 35.5. The second-order valence-electron chi connectivity index (χ2n) is 6.03. The highest BCUT2D eigenvalue weighted by molar-refractivity contribution is 6.42. The van der Waals surface area contributed by atoms with Crippen LogP contribution in [-0.2, 0) is 0 Å². The normalized spacial score (nSPS) is 10.3. The Morgan fingerprint density at radius 3 is 2.13 bits per heavy atom. The minimum absolute atomic E-state index is 0.130. The maximum absolute atomic E-state index is 12.4. The van der Waals surface area contributed by atoms with Crippen LogP contribution in [0.25, 0.3) is 0 Å². The van der Waals surface area contributed by atoms with Crippen LogP contribution >= 0.6 is 23.2 Å². The smallest absolute Gasteiger partial charge is 0.336 e. The van der Waals surface area contributed by atoms with Crippen molar-refractivity contribution in [2.75, 3.05) is 5.32 Å². The van der Waals surface area contributed by atoms with E-state index in [1.807, 2.05) is 0 Å². The van der Waals surface area contributed by atoms with Crippen LogP contribution < -0.4 is 10.1 Å². The Morgan fingerprint density at radius 2 is 1.47 bits per heavy atom. The number of carboxylic acids is 2. The average molecular weight is 446 g/mol. The molecule has 0 aliphatic carbocycles. The summed E-state index contributed by atoms with van der Waals surface area (Å²) in [5.41, 5.74) is -0.0168. The molecule has 0 unspecified atom stereocenters. The number of halogens is 2. The van der Waals surface area contributed by atoms with Crippen molar-refractivity contribution in [2.45, 2.75) is 0 Å². The third-order valence-electron chi connectivity index (χ3n) is 3.96. The van der Waals surface area contributed by atoms with Gasteiger partial charge in [0.15, 0.2) is 0 Å². The van der Waals surface area contributed by atoms with Crippen LogP contribution in [0.2, 0.25) is 10.0 Å². The van der Waals surface area contributed by atoms with Gasteiger partial charge in [0, 0.05) is 17.3 Å². The van der Waals surface area contributed by atoms with E-state index in [-0.39, 0.29) is 16.3 Å². The number of benzene rings is 3. The van der Waals surface area contributed by atoms with E-state index in [0.717, 1.165) is 12.1 Å². The number of hydrogen-bond acceptors (Lipinski definition) is 4. The van der Waals surface area contributed by atoms with E-state index < -0.39 is 23.4 Å². The molecule has 0 aliphatic rings. The van der Waals surface area contributed by atoms with E-state index in [4.69, 9.17) is 33.0 Å². The summed E-state index contributed by atoms with van der Waals surface area (Å²) >= 11 is 11.8. The zero-order valence-electron chi connectivity index (χ0n) is 15.1. The number of nitrogens with one attached hydrogen (secondary N) is 1. The van der Waals surface area contributed by atoms with Crippen LogP contribution in [0.15, 0.2) is 60.7 Å². The Labute approximate surface area is 180 Å². The molecule has 0 heterocycles. The summed E-state index contributed by atoms with van der Waals surface area (Å²) in [5.74, 6) is -2.72. The lowest BCUT2D eigenvalue weighted by Crippen LogP contribution is -2.11. The van der Waals surface area contributed by atoms with Crippen LogP contribution in [0.3, 0.4) is 0 Å². The van der Waals surface area contributed by atoms with Gasteiger partial charge in [-0.1, -0.05) is 29.3 Å². The zero-order chi connectivity index (χ0) is 21.8. The number of carboxylic acid groups (broad SMARTS) is 2. The number of aromatic carboxylic acids is 2. The number of amides is 1. The number of rotatable bonds is 6. The molecule has 3 N–H and O–H groups in total. The van der Waals surface area contributed by atoms with Crippen molar-refractivity contribution in [2.24, 2.45) is 0 Å². The van der Waals surface area contributed by atoms with Crippen molar-refractivity contribution in [1.82, 2.24) is 0 Å². The molecule has 3 rings (SSSR count). The third kappa shape index (κ3) is 4.89. The van der Waals surface area contributed by atoms with E-state index >= 15 is 0 Å². The molecule has 30 heavy (non-hydrogen) atoms. The van der Waals surface area contributed by atoms with Crippen LogP contribution in [0.1, 0.15) is 31.1 Å². The van der Waals surface area contributed by atoms with E-state index in [1.165, 1.54) is 30.3 Å². The molecule has 0 radical (unpaired) electrons. The molecular weight excluding hydrogens is 433 g/mol. The molecule has 9 heteroatoms. The summed E-state index contributed by atoms with van der Waals surface area (Å²) in [6, 6.07) is 14.5. The van der Waals surface area contributed by atoms with Gasteiger partial charge in [0.1, 0.15) is 11.5 Å². The quantitative estimate of drug-likeness (QED) is 0.465. The molecule has 3 aromatic rings. The summed E-state index contributed by atoms with van der Waals surface area (Å²) in [4.78, 5) is 34.8. The Bertz CT molecular complexity index is 1160. The van der Waals surface area contributed by atoms with Crippen LogP contribution in [-0.4, -0.2) is 28.1 Å². The first kappa shape index (κ1) is 21.2. The zero-order valence-corrected chi connectivity index (χ0v) is 16.6. The highest BCUT2D eigenvalue weighted by Gasteiger charge is 2.17. The van der Waals surface area contributed by atoms with Gasteiger partial charge in [0.05, 0.1) is 21.2 Å². The predicted molar refractivity (Wildman–Crippen MR) is 111 cm³/mol. The summed E-state index contributed by atoms with van der Waals surface area (Å²) < 4.78 is 5.62. The maximum Gasteiger partial charge on any atom is 0.336 e. The standard InChI is InChI=1S/C21H13Cl2NO6/c22-17-7-4-11(8-18(17)23)19(25)24-12-2-1-3-13(9-12)30-14-5-6-15(20(26)27)16(10-14)21(28)29/h1-10H,(H,24,25)(H,26,27)(H,28,29). The molecule has 0 saturated heterocycles. The molecule has 3 aromatic carbocycles. The second kappa shape index (κ2) is 8.86. The predicted octanol–water partition coefficient (Wildman–Crippen LogP) is 5.43. The van der Waals surface area contributed by atoms with E-state index in [2.05, 4.69) is 5.32 Å². The first-order chi connectivity index (χ1) is 14.2. The largest absolute Gasteiger partial charge is 0.478 e. The first-order valence-electron chi connectivity index (χ1n) is 8.39. The summed E-state index contributed by atoms with van der Waals surface area (Å²) in [6.45, 7) is 0. The molecule has 7 nitrogen and oxygen atoms in total. The number of ether oxygens (including phenoxy) is 1. The summed E-state index contributed by atoms with van der Waals surface area (Å²) in [7, 11) is 0. The topological polar surface area (TPSA) is 113 Å². The van der Waals surface area contributed by atoms with Crippen molar-refractivity contribution in [3.63, 3.8) is 0 Å². The van der Waals surface area contributed by atoms with Gasteiger partial charge in [-0.25, -0.2) is 9.59 Å². The second-order valence-corrected chi connectivity index (χ2v) is 6.85. The molecule has 0 fully saturated rings. The fraction of sp³-hybridized carbons (Fsp3) is 0. The van der Waals surface area contributed by atoms with Gasteiger partial charge in [0.25, 0.3) is 5.91 Å². The lowest BCUT2D eigenvalue weighted by Gasteiger charge is -2.11. The maximum atomic E-state index is 12.4. The third-order valence-corrected chi connectivity index (χ3v) is 4.70. The number of carbonyl (C=O) groups excluding carboxylic acids is 1. The lowest BCUT2D eigenvalue weighted by atomic mass is 10.1. The van der Waals surface area contributed by atoms with Gasteiger partial charge < -0.3 is 20.3 Å². The minimum atomic E-state index is -1.39. The Kier molecular flexibility index (Phi) is 6.25. The summed E-state index contributed by atoms with van der Waals surface area (Å²) in [6.07, 6.45) is 0. The lowest BCUT2D eigenvalue weighted by molar-refractivity contribution is 0.0651. The van der Waals surface area contributed by atoms with Gasteiger partial charge in [-0.3, -0.25) is 4.79 Å². The fourth-order valence-electron chi connectivity index (χ4n) is 2.56. The SMILES string of the molecule is O=C(Nc1cccc(Oc2ccc(C(=O)O)c(C(=O)O)c2)c1)c1ccc(Cl)c(Cl)c1. The highest BCUT2D eigenvalue weighted by Crippen LogP contribution is 2.27. The molecule has 0 aromatic heterocycles. The molecule has 0 spiro atoms. The molecule has 1 amide bonds. The number of anilines is 1. The molecule has 152 valence electrons. The van der Waals surface area contributed by atoms with Gasteiger partial charge in [0.2, 0.25) is 0 Å². The van der Waals surface area contributed by atoms with Crippen molar-refractivity contribution < 1.29 is 29.3 Å². The monoisotopic (exact) mass is 445 g/mol. The molecule has 0 aliphatic heterocycles. The fourth-order valence-corrected chi connectivity index (χ4v) is 2.86. The molecule has 0 atom stereocenters. The van der Waals surface area contributed by atoms with Crippen molar-refractivity contribution in [1.29, 1.82) is 0 Å². The van der Waals surface area contributed by atoms with Crippen LogP contribution in [0, 0.1) is 0 Å². The van der Waals surface area contributed by atoms with Gasteiger partial charge >= 0.3 is 11.9 Å². The minimum Gasteiger partial charge on any atom is -0.478 e. The van der Waals surface area contributed by atoms with Gasteiger partial charge in [-0.2, -0.15) is 0 Å². The molecule has 0 saturated carbocycles. The molecular formula is C21H13Cl2NO6. The van der Waals surface area contributed by atoms with Gasteiger partial charge in [-0.05, 0) is 48.5 Å². The first-order valence-corrected chi connectivity index (χ1v) is 9.15. The summed E-state index contributed by atoms with van der Waals surface area (Å²) in [5, 5.41) is 21.6. The van der Waals surface area contributed by atoms with Crippen LogP contribution in [0.5, 0.6) is 11.5 Å². The van der Waals surface area contributed by atoms with E-state index in [1.54, 1.807) is 18.2 Å². The van der Waals surface area contributed by atoms with Gasteiger partial charge in [-0.15, -0.1) is 0 Å². The Morgan fingerprint density at radius 1 is 0.767 bits per heavy atom. The van der Waals surface area contributed by atoms with Crippen molar-refractivity contribution in [3.8, 4) is 11.5 Å². The van der Waals surface area contributed by atoms with Crippen molar-refractivity contribution in [3.05, 3.63) is 87.4 Å². The number of carbonyl (C=O) groups is 3. The molecule has 0 bridgehead atoms.